The Hall–Kier alpha value is -2.95. The molecule has 1 aromatic carbocycles. The minimum atomic E-state index is -0.225. The van der Waals surface area contributed by atoms with Crippen molar-refractivity contribution in [1.29, 1.82) is 0 Å². The highest BCUT2D eigenvalue weighted by Crippen LogP contribution is 2.20. The van der Waals surface area contributed by atoms with Gasteiger partial charge < -0.3 is 8.98 Å². The average Bonchev–Trinajstić information content (AvgIpc) is 3.19. The first-order valence-electron chi connectivity index (χ1n) is 7.37. The minimum absolute atomic E-state index is 0.225. The summed E-state index contributed by atoms with van der Waals surface area (Å²) in [4.78, 5) is 9.03. The normalized spacial score (nSPS) is 11.2. The van der Waals surface area contributed by atoms with Crippen LogP contribution in [0.25, 0.3) is 11.2 Å². The number of fused-ring (bicyclic) bond motifs is 1. The molecule has 4 rings (SSSR count). The molecule has 3 aromatic heterocycles. The van der Waals surface area contributed by atoms with Crippen LogP contribution in [0.15, 0.2) is 65.4 Å². The summed E-state index contributed by atoms with van der Waals surface area (Å²) < 4.78 is 21.4. The van der Waals surface area contributed by atoms with Crippen molar-refractivity contribution in [1.82, 2.24) is 14.5 Å². The number of benzene rings is 1. The molecule has 4 nitrogen and oxygen atoms in total. The molecule has 0 bridgehead atoms. The summed E-state index contributed by atoms with van der Waals surface area (Å²) in [5.74, 6) is 1.35. The van der Waals surface area contributed by atoms with Crippen LogP contribution in [-0.2, 0) is 13.0 Å². The number of pyridine rings is 1. The topological polar surface area (TPSA) is 43.9 Å². The highest BCUT2D eigenvalue weighted by molar-refractivity contribution is 5.71. The summed E-state index contributed by atoms with van der Waals surface area (Å²) in [6.45, 7) is 0.518. The fraction of sp³-hybridized carbons (Fsp3) is 0.111. The van der Waals surface area contributed by atoms with Crippen molar-refractivity contribution in [2.45, 2.75) is 13.0 Å². The van der Waals surface area contributed by atoms with E-state index in [1.165, 1.54) is 6.07 Å². The molecule has 0 N–H and O–H groups in total. The number of rotatable bonds is 4. The zero-order valence-corrected chi connectivity index (χ0v) is 12.3. The predicted octanol–water partition coefficient (Wildman–Crippen LogP) is 3.80. The third-order valence-electron chi connectivity index (χ3n) is 3.78. The first-order valence-corrected chi connectivity index (χ1v) is 7.37. The second kappa shape index (κ2) is 5.68. The van der Waals surface area contributed by atoms with Crippen LogP contribution < -0.4 is 0 Å². The smallest absolute Gasteiger partial charge is 0.160 e. The van der Waals surface area contributed by atoms with E-state index < -0.39 is 0 Å². The van der Waals surface area contributed by atoms with E-state index in [1.54, 1.807) is 24.6 Å². The van der Waals surface area contributed by atoms with Crippen LogP contribution in [0.2, 0.25) is 0 Å². The van der Waals surface area contributed by atoms with Crippen LogP contribution in [0, 0.1) is 5.82 Å². The van der Waals surface area contributed by atoms with Crippen LogP contribution in [-0.4, -0.2) is 14.5 Å². The Balaban J connectivity index is 1.80. The van der Waals surface area contributed by atoms with E-state index in [0.29, 0.717) is 18.5 Å². The van der Waals surface area contributed by atoms with Crippen molar-refractivity contribution in [2.24, 2.45) is 0 Å². The molecule has 23 heavy (non-hydrogen) atoms. The van der Waals surface area contributed by atoms with Gasteiger partial charge in [-0.2, -0.15) is 0 Å². The van der Waals surface area contributed by atoms with Gasteiger partial charge in [-0.15, -0.1) is 0 Å². The number of hydrogen-bond acceptors (Lipinski definition) is 3. The fourth-order valence-electron chi connectivity index (χ4n) is 2.68. The van der Waals surface area contributed by atoms with Crippen molar-refractivity contribution in [3.63, 3.8) is 0 Å². The van der Waals surface area contributed by atoms with E-state index >= 15 is 0 Å². The Bertz CT molecular complexity index is 944. The quantitative estimate of drug-likeness (QED) is 0.576. The first kappa shape index (κ1) is 13.7. The molecule has 3 heterocycles. The molecule has 4 aromatic rings. The molecular weight excluding hydrogens is 293 g/mol. The van der Waals surface area contributed by atoms with Gasteiger partial charge in [0, 0.05) is 12.6 Å². The summed E-state index contributed by atoms with van der Waals surface area (Å²) in [5, 5.41) is 0. The van der Waals surface area contributed by atoms with Crippen LogP contribution >= 0.6 is 0 Å². The SMILES string of the molecule is Fc1ccccc1Cc1nc2cccnc2n1Cc1ccco1. The number of aromatic nitrogens is 3. The summed E-state index contributed by atoms with van der Waals surface area (Å²) in [6.07, 6.45) is 3.78. The zero-order valence-electron chi connectivity index (χ0n) is 12.3. The van der Waals surface area contributed by atoms with Gasteiger partial charge in [-0.1, -0.05) is 18.2 Å². The lowest BCUT2D eigenvalue weighted by Crippen LogP contribution is -2.07. The van der Waals surface area contributed by atoms with E-state index in [1.807, 2.05) is 34.9 Å². The number of imidazole rings is 1. The maximum atomic E-state index is 14.0. The third-order valence-corrected chi connectivity index (χ3v) is 3.78. The summed E-state index contributed by atoms with van der Waals surface area (Å²) >= 11 is 0. The van der Waals surface area contributed by atoms with Gasteiger partial charge in [0.05, 0.1) is 12.8 Å². The minimum Gasteiger partial charge on any atom is -0.467 e. The molecule has 5 heteroatoms. The molecule has 0 atom stereocenters. The zero-order chi connectivity index (χ0) is 15.6. The molecule has 0 saturated carbocycles. The van der Waals surface area contributed by atoms with E-state index in [4.69, 9.17) is 4.42 Å². The van der Waals surface area contributed by atoms with Crippen molar-refractivity contribution in [2.75, 3.05) is 0 Å². The van der Waals surface area contributed by atoms with Gasteiger partial charge in [0.2, 0.25) is 0 Å². The van der Waals surface area contributed by atoms with Crippen LogP contribution in [0.1, 0.15) is 17.1 Å². The van der Waals surface area contributed by atoms with Crippen molar-refractivity contribution in [3.05, 3.63) is 84.0 Å². The van der Waals surface area contributed by atoms with Crippen LogP contribution in [0.4, 0.5) is 4.39 Å². The highest BCUT2D eigenvalue weighted by atomic mass is 19.1. The lowest BCUT2D eigenvalue weighted by Gasteiger charge is -2.07. The van der Waals surface area contributed by atoms with Gasteiger partial charge in [0.25, 0.3) is 0 Å². The second-order valence-corrected chi connectivity index (χ2v) is 5.31. The van der Waals surface area contributed by atoms with Crippen LogP contribution in [0.3, 0.4) is 0 Å². The molecule has 0 aliphatic carbocycles. The number of nitrogens with zero attached hydrogens (tertiary/aromatic N) is 3. The van der Waals surface area contributed by atoms with Gasteiger partial charge in [0.15, 0.2) is 5.65 Å². The average molecular weight is 307 g/mol. The Morgan fingerprint density at radius 2 is 1.96 bits per heavy atom. The molecule has 0 spiro atoms. The lowest BCUT2D eigenvalue weighted by molar-refractivity contribution is 0.491. The van der Waals surface area contributed by atoms with Gasteiger partial charge in [-0.25, -0.2) is 14.4 Å². The Morgan fingerprint density at radius 1 is 1.04 bits per heavy atom. The van der Waals surface area contributed by atoms with E-state index in [-0.39, 0.29) is 5.82 Å². The predicted molar refractivity (Wildman–Crippen MR) is 84.5 cm³/mol. The number of halogens is 1. The first-order chi connectivity index (χ1) is 11.3. The molecule has 114 valence electrons. The fourth-order valence-corrected chi connectivity index (χ4v) is 2.68. The Labute approximate surface area is 132 Å². The number of furan rings is 1. The van der Waals surface area contributed by atoms with Crippen molar-refractivity contribution < 1.29 is 8.81 Å². The molecule has 0 radical (unpaired) electrons. The molecule has 0 aliphatic rings. The molecule has 0 aliphatic heterocycles. The monoisotopic (exact) mass is 307 g/mol. The summed E-state index contributed by atoms with van der Waals surface area (Å²) in [7, 11) is 0. The van der Waals surface area contributed by atoms with Crippen molar-refractivity contribution in [3.8, 4) is 0 Å². The van der Waals surface area contributed by atoms with E-state index in [9.17, 15) is 4.39 Å². The molecule has 0 unspecified atom stereocenters. The Morgan fingerprint density at radius 3 is 2.78 bits per heavy atom. The summed E-state index contributed by atoms with van der Waals surface area (Å²) in [6, 6.07) is 14.3. The third kappa shape index (κ3) is 2.61. The number of hydrogen-bond donors (Lipinski definition) is 0. The Kier molecular flexibility index (Phi) is 3.38. The summed E-state index contributed by atoms with van der Waals surface area (Å²) in [5.41, 5.74) is 2.18. The molecular formula is C18H14FN3O. The van der Waals surface area contributed by atoms with Gasteiger partial charge >= 0.3 is 0 Å². The second-order valence-electron chi connectivity index (χ2n) is 5.31. The largest absolute Gasteiger partial charge is 0.467 e. The molecule has 0 amide bonds. The highest BCUT2D eigenvalue weighted by Gasteiger charge is 2.14. The van der Waals surface area contributed by atoms with Gasteiger partial charge in [0.1, 0.15) is 22.9 Å². The standard InChI is InChI=1S/C18H14FN3O/c19-15-7-2-1-5-13(15)11-17-21-16-8-3-9-20-18(16)22(17)12-14-6-4-10-23-14/h1-10H,11-12H2. The van der Waals surface area contributed by atoms with Crippen molar-refractivity contribution >= 4 is 11.2 Å². The van der Waals surface area contributed by atoms with E-state index in [0.717, 1.165) is 22.7 Å². The van der Waals surface area contributed by atoms with Gasteiger partial charge in [-0.3, -0.25) is 0 Å². The van der Waals surface area contributed by atoms with Gasteiger partial charge in [-0.05, 0) is 35.9 Å². The van der Waals surface area contributed by atoms with Crippen LogP contribution in [0.5, 0.6) is 0 Å². The maximum Gasteiger partial charge on any atom is 0.160 e. The lowest BCUT2D eigenvalue weighted by atomic mass is 10.1. The molecule has 0 saturated heterocycles. The maximum absolute atomic E-state index is 14.0. The molecule has 0 fully saturated rings. The van der Waals surface area contributed by atoms with E-state index in [2.05, 4.69) is 9.97 Å².